The molecule has 1 aliphatic rings. The Balaban J connectivity index is 1.72. The lowest BCUT2D eigenvalue weighted by molar-refractivity contribution is 0.0667. The Morgan fingerprint density at radius 1 is 1.42 bits per heavy atom. The third-order valence-electron chi connectivity index (χ3n) is 4.43. The first kappa shape index (κ1) is 17.0. The molecule has 0 N–H and O–H groups in total. The van der Waals surface area contributed by atoms with E-state index in [-0.39, 0.29) is 5.91 Å². The largest absolute Gasteiger partial charge is 0.340 e. The number of carbonyl (C=O) groups excluding carboxylic acids is 1. The van der Waals surface area contributed by atoms with Gasteiger partial charge in [-0.05, 0) is 30.9 Å². The number of hydrogen-bond donors (Lipinski definition) is 0. The number of aromatic nitrogens is 2. The quantitative estimate of drug-likeness (QED) is 0.768. The smallest absolute Gasteiger partial charge is 0.254 e. The summed E-state index contributed by atoms with van der Waals surface area (Å²) in [6.07, 6.45) is 3.47. The second-order valence-electron chi connectivity index (χ2n) is 6.18. The topological polar surface area (TPSA) is 59.2 Å². The summed E-state index contributed by atoms with van der Waals surface area (Å²) < 4.78 is 5.00. The van der Waals surface area contributed by atoms with Gasteiger partial charge in [0.05, 0.1) is 11.3 Å². The van der Waals surface area contributed by atoms with Gasteiger partial charge in [0, 0.05) is 24.9 Å². The number of thioether (sulfide) groups is 1. The number of benzene rings is 1. The Hall–Kier alpha value is -1.82. The second kappa shape index (κ2) is 7.83. The van der Waals surface area contributed by atoms with Gasteiger partial charge in [-0.2, -0.15) is 4.98 Å². The van der Waals surface area contributed by atoms with Crippen LogP contribution in [-0.2, 0) is 5.75 Å². The van der Waals surface area contributed by atoms with Crippen molar-refractivity contribution in [2.24, 2.45) is 5.92 Å². The maximum Gasteiger partial charge on any atom is 0.254 e. The van der Waals surface area contributed by atoms with Crippen molar-refractivity contribution in [3.63, 3.8) is 0 Å². The van der Waals surface area contributed by atoms with Crippen molar-refractivity contribution in [3.8, 4) is 0 Å². The van der Waals surface area contributed by atoms with Crippen LogP contribution in [0.2, 0.25) is 0 Å². The molecule has 2 heterocycles. The van der Waals surface area contributed by atoms with Crippen LogP contribution in [0.1, 0.15) is 48.3 Å². The molecule has 24 heavy (non-hydrogen) atoms. The van der Waals surface area contributed by atoms with Gasteiger partial charge in [0.25, 0.3) is 5.91 Å². The van der Waals surface area contributed by atoms with E-state index in [0.717, 1.165) is 36.4 Å². The lowest BCUT2D eigenvalue weighted by Crippen LogP contribution is -2.39. The average molecular weight is 345 g/mol. The Kier molecular flexibility index (Phi) is 5.56. The molecule has 3 rings (SSSR count). The van der Waals surface area contributed by atoms with Crippen molar-refractivity contribution in [1.29, 1.82) is 0 Å². The molecule has 1 saturated heterocycles. The molecule has 1 atom stereocenters. The summed E-state index contributed by atoms with van der Waals surface area (Å²) in [6.45, 7) is 5.71. The van der Waals surface area contributed by atoms with Crippen LogP contribution in [-0.4, -0.2) is 34.0 Å². The van der Waals surface area contributed by atoms with Gasteiger partial charge in [0.15, 0.2) is 5.82 Å². The summed E-state index contributed by atoms with van der Waals surface area (Å²) in [5.41, 5.74) is 0.777. The molecule has 0 saturated carbocycles. The molecule has 1 aromatic heterocycles. The molecular formula is C18H23N3O2S. The van der Waals surface area contributed by atoms with Crippen molar-refractivity contribution in [3.05, 3.63) is 41.5 Å². The first-order valence-electron chi connectivity index (χ1n) is 8.47. The number of likely N-dealkylation sites (tertiary alicyclic amines) is 1. The van der Waals surface area contributed by atoms with Crippen molar-refractivity contribution in [2.75, 3.05) is 13.1 Å². The van der Waals surface area contributed by atoms with E-state index in [1.807, 2.05) is 29.2 Å². The van der Waals surface area contributed by atoms with Crippen molar-refractivity contribution in [1.82, 2.24) is 15.0 Å². The van der Waals surface area contributed by atoms with Crippen LogP contribution in [0.15, 0.2) is 33.7 Å². The summed E-state index contributed by atoms with van der Waals surface area (Å²) in [6, 6.07) is 7.80. The molecule has 1 aromatic carbocycles. The summed E-state index contributed by atoms with van der Waals surface area (Å²) in [7, 11) is 0. The first-order valence-corrected chi connectivity index (χ1v) is 9.46. The van der Waals surface area contributed by atoms with Gasteiger partial charge in [0.2, 0.25) is 5.89 Å². The van der Waals surface area contributed by atoms with Gasteiger partial charge in [-0.25, -0.2) is 0 Å². The Bertz CT molecular complexity index is 701. The van der Waals surface area contributed by atoms with Crippen LogP contribution in [0, 0.1) is 12.8 Å². The maximum absolute atomic E-state index is 13.0. The molecule has 1 amide bonds. The van der Waals surface area contributed by atoms with E-state index in [4.69, 9.17) is 4.52 Å². The van der Waals surface area contributed by atoms with E-state index >= 15 is 0 Å². The van der Waals surface area contributed by atoms with Gasteiger partial charge in [-0.3, -0.25) is 4.79 Å². The van der Waals surface area contributed by atoms with E-state index in [9.17, 15) is 4.79 Å². The fourth-order valence-corrected chi connectivity index (χ4v) is 3.95. The molecule has 5 nitrogen and oxygen atoms in total. The Morgan fingerprint density at radius 2 is 2.25 bits per heavy atom. The highest BCUT2D eigenvalue weighted by atomic mass is 32.2. The maximum atomic E-state index is 13.0. The molecular weight excluding hydrogens is 322 g/mol. The number of carbonyl (C=O) groups is 1. The molecule has 0 aliphatic carbocycles. The minimum atomic E-state index is 0.139. The number of piperidine rings is 1. The van der Waals surface area contributed by atoms with E-state index < -0.39 is 0 Å². The van der Waals surface area contributed by atoms with Crippen LogP contribution in [0.25, 0.3) is 0 Å². The zero-order chi connectivity index (χ0) is 16.9. The molecule has 1 aliphatic heterocycles. The lowest BCUT2D eigenvalue weighted by Gasteiger charge is -2.32. The normalized spacial score (nSPS) is 17.9. The predicted molar refractivity (Wildman–Crippen MR) is 94.0 cm³/mol. The summed E-state index contributed by atoms with van der Waals surface area (Å²) in [5.74, 6) is 2.59. The van der Waals surface area contributed by atoms with E-state index in [0.29, 0.717) is 23.4 Å². The van der Waals surface area contributed by atoms with Crippen molar-refractivity contribution < 1.29 is 9.32 Å². The number of hydrogen-bond acceptors (Lipinski definition) is 5. The van der Waals surface area contributed by atoms with Crippen molar-refractivity contribution >= 4 is 17.7 Å². The van der Waals surface area contributed by atoms with E-state index in [1.165, 1.54) is 6.42 Å². The lowest BCUT2D eigenvalue weighted by atomic mass is 9.95. The highest BCUT2D eigenvalue weighted by molar-refractivity contribution is 7.98. The SMILES string of the molecule is CC[C@@H]1CCCN(C(=O)c2ccccc2SCc2noc(C)n2)C1. The number of aryl methyl sites for hydroxylation is 1. The highest BCUT2D eigenvalue weighted by Crippen LogP contribution is 2.28. The Labute approximate surface area is 146 Å². The number of nitrogens with zero attached hydrogens (tertiary/aromatic N) is 3. The molecule has 1 fully saturated rings. The molecule has 6 heteroatoms. The summed E-state index contributed by atoms with van der Waals surface area (Å²) in [4.78, 5) is 20.2. The van der Waals surface area contributed by atoms with Crippen LogP contribution < -0.4 is 0 Å². The summed E-state index contributed by atoms with van der Waals surface area (Å²) >= 11 is 1.58. The molecule has 0 bridgehead atoms. The van der Waals surface area contributed by atoms with Crippen LogP contribution in [0.4, 0.5) is 0 Å². The molecule has 2 aromatic rings. The summed E-state index contributed by atoms with van der Waals surface area (Å²) in [5, 5.41) is 3.91. The minimum absolute atomic E-state index is 0.139. The van der Waals surface area contributed by atoms with Gasteiger partial charge in [-0.15, -0.1) is 11.8 Å². The van der Waals surface area contributed by atoms with Gasteiger partial charge >= 0.3 is 0 Å². The zero-order valence-electron chi connectivity index (χ0n) is 14.2. The fraction of sp³-hybridized carbons (Fsp3) is 0.500. The van der Waals surface area contributed by atoms with Crippen LogP contribution >= 0.6 is 11.8 Å². The molecule has 128 valence electrons. The van der Waals surface area contributed by atoms with Gasteiger partial charge in [-0.1, -0.05) is 30.6 Å². The predicted octanol–water partition coefficient (Wildman–Crippen LogP) is 3.93. The molecule has 0 spiro atoms. The zero-order valence-corrected chi connectivity index (χ0v) is 15.0. The third-order valence-corrected chi connectivity index (χ3v) is 5.50. The van der Waals surface area contributed by atoms with E-state index in [2.05, 4.69) is 17.1 Å². The fourth-order valence-electron chi connectivity index (χ4n) is 3.06. The third kappa shape index (κ3) is 3.98. The van der Waals surface area contributed by atoms with Crippen LogP contribution in [0.3, 0.4) is 0 Å². The molecule has 0 unspecified atom stereocenters. The number of amides is 1. The van der Waals surface area contributed by atoms with Gasteiger partial charge in [0.1, 0.15) is 0 Å². The van der Waals surface area contributed by atoms with Crippen molar-refractivity contribution in [2.45, 2.75) is 43.8 Å². The minimum Gasteiger partial charge on any atom is -0.340 e. The number of rotatable bonds is 5. The van der Waals surface area contributed by atoms with Gasteiger partial charge < -0.3 is 9.42 Å². The van der Waals surface area contributed by atoms with Crippen LogP contribution in [0.5, 0.6) is 0 Å². The Morgan fingerprint density at radius 3 is 3.00 bits per heavy atom. The standard InChI is InChI=1S/C18H23N3O2S/c1-3-14-7-6-10-21(11-14)18(22)15-8-4-5-9-16(15)24-12-17-19-13(2)23-20-17/h4-5,8-9,14H,3,6-7,10-12H2,1-2H3/t14-/m1/s1. The molecule has 0 radical (unpaired) electrons. The average Bonchev–Trinajstić information content (AvgIpc) is 3.05. The monoisotopic (exact) mass is 345 g/mol. The van der Waals surface area contributed by atoms with E-state index in [1.54, 1.807) is 18.7 Å². The highest BCUT2D eigenvalue weighted by Gasteiger charge is 2.25. The first-order chi connectivity index (χ1) is 11.7. The second-order valence-corrected chi connectivity index (χ2v) is 7.20.